The quantitative estimate of drug-likeness (QED) is 0.638. The molecule has 4 nitrogen and oxygen atoms in total. The number of benzene rings is 2. The summed E-state index contributed by atoms with van der Waals surface area (Å²) in [6, 6.07) is 14.5. The number of rotatable bonds is 5. The van der Waals surface area contributed by atoms with Crippen LogP contribution in [-0.2, 0) is 23.9 Å². The summed E-state index contributed by atoms with van der Waals surface area (Å²) in [6.07, 6.45) is -0.593. The van der Waals surface area contributed by atoms with Gasteiger partial charge in [-0.15, -0.1) is 0 Å². The number of hydrogen-bond donors (Lipinski definition) is 1. The number of aliphatic hydroxyl groups is 1. The van der Waals surface area contributed by atoms with E-state index < -0.39 is 17.3 Å². The molecule has 2 unspecified atom stereocenters. The van der Waals surface area contributed by atoms with Crippen molar-refractivity contribution in [1.29, 1.82) is 0 Å². The van der Waals surface area contributed by atoms with E-state index in [2.05, 4.69) is 0 Å². The van der Waals surface area contributed by atoms with Crippen molar-refractivity contribution >= 4 is 6.09 Å². The minimum absolute atomic E-state index is 0.114. The number of aryl methyl sites for hydroxylation is 1. The molecule has 2 saturated heterocycles. The first-order chi connectivity index (χ1) is 15.2. The second kappa shape index (κ2) is 9.14. The van der Waals surface area contributed by atoms with Crippen LogP contribution in [0.25, 0.3) is 0 Å². The molecule has 7 heteroatoms. The number of piperidine rings is 2. The highest BCUT2D eigenvalue weighted by atomic mass is 19.4. The van der Waals surface area contributed by atoms with Crippen LogP contribution in [0.3, 0.4) is 0 Å². The maximum atomic E-state index is 13.0. The lowest BCUT2D eigenvalue weighted by Gasteiger charge is -2.51. The van der Waals surface area contributed by atoms with Crippen molar-refractivity contribution in [2.24, 2.45) is 0 Å². The summed E-state index contributed by atoms with van der Waals surface area (Å²) >= 11 is 0. The van der Waals surface area contributed by atoms with Gasteiger partial charge in [-0.25, -0.2) is 4.79 Å². The van der Waals surface area contributed by atoms with Gasteiger partial charge in [-0.1, -0.05) is 48.5 Å². The van der Waals surface area contributed by atoms with Crippen LogP contribution >= 0.6 is 0 Å². The number of alkyl halides is 3. The normalized spacial score (nSPS) is 25.4. The first kappa shape index (κ1) is 22.6. The molecule has 2 aromatic carbocycles. The Kier molecular flexibility index (Phi) is 6.47. The highest BCUT2D eigenvalue weighted by molar-refractivity contribution is 5.69. The summed E-state index contributed by atoms with van der Waals surface area (Å²) in [5.41, 5.74) is -0.196. The van der Waals surface area contributed by atoms with Crippen LogP contribution in [0, 0.1) is 0 Å². The van der Waals surface area contributed by atoms with Crippen LogP contribution in [0.4, 0.5) is 18.0 Å². The molecule has 0 aliphatic carbocycles. The number of carbonyl (C=O) groups excluding carboxylic acids is 1. The van der Waals surface area contributed by atoms with E-state index in [-0.39, 0.29) is 24.8 Å². The number of nitrogens with zero attached hydrogens (tertiary/aromatic N) is 1. The molecule has 4 rings (SSSR count). The van der Waals surface area contributed by atoms with Crippen LogP contribution in [0.15, 0.2) is 54.6 Å². The van der Waals surface area contributed by atoms with Crippen LogP contribution in [0.1, 0.15) is 55.2 Å². The second-order valence-corrected chi connectivity index (χ2v) is 9.02. The molecule has 0 aromatic heterocycles. The Morgan fingerprint density at radius 1 is 1.03 bits per heavy atom. The molecule has 2 aromatic rings. The Morgan fingerprint density at radius 2 is 1.69 bits per heavy atom. The van der Waals surface area contributed by atoms with E-state index in [1.165, 1.54) is 6.07 Å². The van der Waals surface area contributed by atoms with Gasteiger partial charge < -0.3 is 14.7 Å². The van der Waals surface area contributed by atoms with E-state index in [1.54, 1.807) is 11.0 Å². The zero-order valence-electron chi connectivity index (χ0n) is 17.9. The third kappa shape index (κ3) is 5.26. The van der Waals surface area contributed by atoms with Gasteiger partial charge >= 0.3 is 12.3 Å². The first-order valence-electron chi connectivity index (χ1n) is 11.1. The summed E-state index contributed by atoms with van der Waals surface area (Å²) < 4.78 is 44.5. The average Bonchev–Trinajstić information content (AvgIpc) is 2.76. The summed E-state index contributed by atoms with van der Waals surface area (Å²) in [5.74, 6) is 0. The van der Waals surface area contributed by atoms with Gasteiger partial charge in [-0.2, -0.15) is 13.2 Å². The van der Waals surface area contributed by atoms with Gasteiger partial charge in [-0.3, -0.25) is 0 Å². The zero-order chi connectivity index (χ0) is 22.8. The van der Waals surface area contributed by atoms with Gasteiger partial charge in [0, 0.05) is 12.1 Å². The number of ether oxygens (including phenoxy) is 1. The fourth-order valence-electron chi connectivity index (χ4n) is 5.10. The molecule has 2 fully saturated rings. The van der Waals surface area contributed by atoms with Crippen molar-refractivity contribution in [2.45, 2.75) is 75.4 Å². The van der Waals surface area contributed by atoms with Crippen molar-refractivity contribution in [3.63, 3.8) is 0 Å². The van der Waals surface area contributed by atoms with Crippen molar-refractivity contribution in [3.05, 3.63) is 71.3 Å². The van der Waals surface area contributed by atoms with E-state index in [1.807, 2.05) is 30.3 Å². The SMILES string of the molecule is O=C(OCc1ccccc1)N1C2CCCC1CC(O)(CCc1cccc(C(F)(F)F)c1)C2. The third-order valence-corrected chi connectivity index (χ3v) is 6.64. The molecule has 1 N–H and O–H groups in total. The molecular weight excluding hydrogens is 419 g/mol. The van der Waals surface area contributed by atoms with Crippen molar-refractivity contribution in [2.75, 3.05) is 0 Å². The van der Waals surface area contributed by atoms with Gasteiger partial charge in [0.15, 0.2) is 0 Å². The summed E-state index contributed by atoms with van der Waals surface area (Å²) in [5, 5.41) is 11.3. The van der Waals surface area contributed by atoms with Crippen LogP contribution in [0.5, 0.6) is 0 Å². The highest BCUT2D eigenvalue weighted by Gasteiger charge is 2.47. The minimum atomic E-state index is -4.38. The van der Waals surface area contributed by atoms with Crippen LogP contribution in [-0.4, -0.2) is 33.8 Å². The zero-order valence-corrected chi connectivity index (χ0v) is 17.9. The molecule has 172 valence electrons. The van der Waals surface area contributed by atoms with Crippen molar-refractivity contribution < 1.29 is 27.8 Å². The standard InChI is InChI=1S/C25H28F3NO3/c26-25(27,28)20-9-4-8-18(14-20)12-13-24(31)15-21-10-5-11-22(16-24)29(21)23(30)32-17-19-6-2-1-3-7-19/h1-4,6-9,14,21-22,31H,5,10-13,15-17H2. The van der Waals surface area contributed by atoms with E-state index in [0.717, 1.165) is 37.0 Å². The van der Waals surface area contributed by atoms with Crippen LogP contribution in [0.2, 0.25) is 0 Å². The first-order valence-corrected chi connectivity index (χ1v) is 11.1. The summed E-state index contributed by atoms with van der Waals surface area (Å²) in [6.45, 7) is 0.204. The minimum Gasteiger partial charge on any atom is -0.445 e. The number of carbonyl (C=O) groups is 1. The third-order valence-electron chi connectivity index (χ3n) is 6.64. The van der Waals surface area contributed by atoms with Gasteiger partial charge in [0.2, 0.25) is 0 Å². The molecule has 2 atom stereocenters. The number of fused-ring (bicyclic) bond motifs is 2. The lowest BCUT2D eigenvalue weighted by Crippen LogP contribution is -2.60. The van der Waals surface area contributed by atoms with Crippen molar-refractivity contribution in [3.8, 4) is 0 Å². The van der Waals surface area contributed by atoms with Crippen molar-refractivity contribution in [1.82, 2.24) is 4.90 Å². The van der Waals surface area contributed by atoms with Gasteiger partial charge in [0.1, 0.15) is 6.61 Å². The predicted molar refractivity (Wildman–Crippen MR) is 114 cm³/mol. The highest BCUT2D eigenvalue weighted by Crippen LogP contribution is 2.42. The lowest BCUT2D eigenvalue weighted by atomic mass is 9.73. The van der Waals surface area contributed by atoms with E-state index in [0.29, 0.717) is 31.2 Å². The molecule has 2 aliphatic heterocycles. The fourth-order valence-corrected chi connectivity index (χ4v) is 5.10. The Morgan fingerprint density at radius 3 is 2.34 bits per heavy atom. The smallest absolute Gasteiger partial charge is 0.416 e. The fraction of sp³-hybridized carbons (Fsp3) is 0.480. The summed E-state index contributed by atoms with van der Waals surface area (Å²) in [7, 11) is 0. The van der Waals surface area contributed by atoms with E-state index in [9.17, 15) is 23.1 Å². The molecule has 0 radical (unpaired) electrons. The lowest BCUT2D eigenvalue weighted by molar-refractivity contribution is -0.137. The van der Waals surface area contributed by atoms with E-state index >= 15 is 0 Å². The molecule has 32 heavy (non-hydrogen) atoms. The molecule has 0 spiro atoms. The number of halogens is 3. The average molecular weight is 447 g/mol. The van der Waals surface area contributed by atoms with Gasteiger partial charge in [0.05, 0.1) is 11.2 Å². The molecule has 2 aliphatic rings. The Balaban J connectivity index is 1.38. The molecular formula is C25H28F3NO3. The molecule has 2 heterocycles. The Bertz CT molecular complexity index is 918. The Hall–Kier alpha value is -2.54. The van der Waals surface area contributed by atoms with Gasteiger partial charge in [0.25, 0.3) is 0 Å². The number of amides is 1. The molecule has 2 bridgehead atoms. The van der Waals surface area contributed by atoms with Crippen LogP contribution < -0.4 is 0 Å². The predicted octanol–water partition coefficient (Wildman–Crippen LogP) is 5.72. The maximum Gasteiger partial charge on any atom is 0.416 e. The van der Waals surface area contributed by atoms with Gasteiger partial charge in [-0.05, 0) is 62.1 Å². The summed E-state index contributed by atoms with van der Waals surface area (Å²) in [4.78, 5) is 14.6. The molecule has 1 amide bonds. The monoisotopic (exact) mass is 447 g/mol. The van der Waals surface area contributed by atoms with E-state index in [4.69, 9.17) is 4.74 Å². The maximum absolute atomic E-state index is 13.0. The number of hydrogen-bond acceptors (Lipinski definition) is 3. The Labute approximate surface area is 186 Å². The topological polar surface area (TPSA) is 49.8 Å². The molecule has 0 saturated carbocycles. The largest absolute Gasteiger partial charge is 0.445 e. The second-order valence-electron chi connectivity index (χ2n) is 9.02.